The second-order valence-electron chi connectivity index (χ2n) is 4.93. The van der Waals surface area contributed by atoms with Crippen molar-refractivity contribution in [2.75, 3.05) is 26.8 Å². The molecule has 6 nitrogen and oxygen atoms in total. The first-order valence-electron chi connectivity index (χ1n) is 6.67. The van der Waals surface area contributed by atoms with Gasteiger partial charge in [0, 0.05) is 13.0 Å². The first-order valence-corrected chi connectivity index (χ1v) is 6.67. The monoisotopic (exact) mass is 274 g/mol. The molecular formula is C13H26N2O4. The molecule has 3 N–H and O–H groups in total. The number of nitrogens with one attached hydrogen (secondary N) is 1. The van der Waals surface area contributed by atoms with Crippen molar-refractivity contribution in [3.63, 3.8) is 0 Å². The standard InChI is InChI=1S/C13H26N2O4/c1-10(2)7-11(9-14)8-12(16)19-6-4-5-15-13(17)18-3/h10-11H,4-9,14H2,1-3H3,(H,15,17). The molecule has 0 fully saturated rings. The fraction of sp³-hybridized carbons (Fsp3) is 0.846. The van der Waals surface area contributed by atoms with Crippen molar-refractivity contribution >= 4 is 12.1 Å². The summed E-state index contributed by atoms with van der Waals surface area (Å²) >= 11 is 0. The van der Waals surface area contributed by atoms with Crippen LogP contribution in [0.2, 0.25) is 0 Å². The van der Waals surface area contributed by atoms with Crippen molar-refractivity contribution in [3.8, 4) is 0 Å². The lowest BCUT2D eigenvalue weighted by Gasteiger charge is -2.16. The summed E-state index contributed by atoms with van der Waals surface area (Å²) in [6.45, 7) is 5.42. The summed E-state index contributed by atoms with van der Waals surface area (Å²) in [6, 6.07) is 0. The van der Waals surface area contributed by atoms with Crippen LogP contribution in [0.1, 0.15) is 33.1 Å². The highest BCUT2D eigenvalue weighted by atomic mass is 16.5. The largest absolute Gasteiger partial charge is 0.466 e. The number of nitrogens with two attached hydrogens (primary N) is 1. The molecule has 0 saturated carbocycles. The molecule has 0 rings (SSSR count). The van der Waals surface area contributed by atoms with Crippen LogP contribution in [0, 0.1) is 11.8 Å². The molecule has 112 valence electrons. The fourth-order valence-electron chi connectivity index (χ4n) is 1.74. The maximum atomic E-state index is 11.6. The third-order valence-corrected chi connectivity index (χ3v) is 2.63. The van der Waals surface area contributed by atoms with E-state index in [0.29, 0.717) is 38.5 Å². The molecule has 0 saturated heterocycles. The highest BCUT2D eigenvalue weighted by molar-refractivity contribution is 5.69. The van der Waals surface area contributed by atoms with E-state index in [0.717, 1.165) is 6.42 Å². The molecule has 1 atom stereocenters. The predicted octanol–water partition coefficient (Wildman–Crippen LogP) is 1.29. The van der Waals surface area contributed by atoms with Gasteiger partial charge in [-0.1, -0.05) is 13.8 Å². The molecule has 1 unspecified atom stereocenters. The minimum Gasteiger partial charge on any atom is -0.466 e. The zero-order valence-corrected chi connectivity index (χ0v) is 12.1. The molecule has 0 aromatic carbocycles. The molecule has 0 aliphatic heterocycles. The summed E-state index contributed by atoms with van der Waals surface area (Å²) in [5.74, 6) is 0.473. The van der Waals surface area contributed by atoms with Crippen LogP contribution in [-0.4, -0.2) is 38.9 Å². The number of alkyl carbamates (subject to hydrolysis) is 1. The van der Waals surface area contributed by atoms with Crippen LogP contribution in [0.4, 0.5) is 4.79 Å². The Morgan fingerprint density at radius 2 is 2.00 bits per heavy atom. The molecule has 0 aliphatic rings. The Bertz CT molecular complexity index is 269. The van der Waals surface area contributed by atoms with Crippen molar-refractivity contribution in [1.82, 2.24) is 5.32 Å². The van der Waals surface area contributed by atoms with Gasteiger partial charge in [0.15, 0.2) is 0 Å². The lowest BCUT2D eigenvalue weighted by Crippen LogP contribution is -2.25. The van der Waals surface area contributed by atoms with Crippen LogP contribution >= 0.6 is 0 Å². The molecule has 6 heteroatoms. The van der Waals surface area contributed by atoms with Crippen molar-refractivity contribution in [2.45, 2.75) is 33.1 Å². The normalized spacial score (nSPS) is 12.1. The van der Waals surface area contributed by atoms with Gasteiger partial charge in [0.1, 0.15) is 0 Å². The van der Waals surface area contributed by atoms with E-state index in [1.165, 1.54) is 7.11 Å². The Labute approximate surface area is 115 Å². The van der Waals surface area contributed by atoms with E-state index >= 15 is 0 Å². The Morgan fingerprint density at radius 3 is 2.53 bits per heavy atom. The van der Waals surface area contributed by atoms with Gasteiger partial charge < -0.3 is 20.5 Å². The van der Waals surface area contributed by atoms with E-state index in [1.54, 1.807) is 0 Å². The number of ether oxygens (including phenoxy) is 2. The molecule has 0 aromatic heterocycles. The number of carbonyl (C=O) groups is 2. The highest BCUT2D eigenvalue weighted by Gasteiger charge is 2.14. The van der Waals surface area contributed by atoms with Crippen LogP contribution in [0.5, 0.6) is 0 Å². The Kier molecular flexibility index (Phi) is 9.88. The zero-order chi connectivity index (χ0) is 14.7. The van der Waals surface area contributed by atoms with Crippen molar-refractivity contribution in [1.29, 1.82) is 0 Å². The minimum atomic E-state index is -0.480. The SMILES string of the molecule is COC(=O)NCCCOC(=O)CC(CN)CC(C)C. The maximum absolute atomic E-state index is 11.6. The van der Waals surface area contributed by atoms with Gasteiger partial charge in [-0.05, 0) is 31.2 Å². The van der Waals surface area contributed by atoms with Gasteiger partial charge in [0.05, 0.1) is 13.7 Å². The number of rotatable bonds is 9. The molecule has 0 heterocycles. The molecule has 0 spiro atoms. The first kappa shape index (κ1) is 17.7. The summed E-state index contributed by atoms with van der Waals surface area (Å²) in [5, 5.41) is 2.51. The predicted molar refractivity (Wildman–Crippen MR) is 72.6 cm³/mol. The highest BCUT2D eigenvalue weighted by Crippen LogP contribution is 2.14. The Hall–Kier alpha value is -1.30. The van der Waals surface area contributed by atoms with E-state index in [4.69, 9.17) is 10.5 Å². The molecule has 19 heavy (non-hydrogen) atoms. The first-order chi connectivity index (χ1) is 8.99. The topological polar surface area (TPSA) is 90.6 Å². The number of methoxy groups -OCH3 is 1. The van der Waals surface area contributed by atoms with Gasteiger partial charge in [-0.15, -0.1) is 0 Å². The average Bonchev–Trinajstić information content (AvgIpc) is 2.36. The number of esters is 1. The lowest BCUT2D eigenvalue weighted by atomic mass is 9.94. The smallest absolute Gasteiger partial charge is 0.406 e. The summed E-state index contributed by atoms with van der Waals surface area (Å²) in [7, 11) is 1.30. The molecule has 0 bridgehead atoms. The van der Waals surface area contributed by atoms with Crippen LogP contribution in [0.15, 0.2) is 0 Å². The number of amides is 1. The van der Waals surface area contributed by atoms with Crippen LogP contribution in [0.25, 0.3) is 0 Å². The zero-order valence-electron chi connectivity index (χ0n) is 12.1. The van der Waals surface area contributed by atoms with Crippen LogP contribution in [-0.2, 0) is 14.3 Å². The molecule has 0 aliphatic carbocycles. The summed E-state index contributed by atoms with van der Waals surface area (Å²) in [6.07, 6.45) is 1.37. The summed E-state index contributed by atoms with van der Waals surface area (Å²) in [5.41, 5.74) is 5.63. The molecule has 0 radical (unpaired) electrons. The summed E-state index contributed by atoms with van der Waals surface area (Å²) < 4.78 is 9.50. The van der Waals surface area contributed by atoms with Crippen LogP contribution in [0.3, 0.4) is 0 Å². The average molecular weight is 274 g/mol. The lowest BCUT2D eigenvalue weighted by molar-refractivity contribution is -0.144. The number of hydrogen-bond acceptors (Lipinski definition) is 5. The third-order valence-electron chi connectivity index (χ3n) is 2.63. The van der Waals surface area contributed by atoms with Crippen molar-refractivity contribution < 1.29 is 19.1 Å². The second kappa shape index (κ2) is 10.6. The fourth-order valence-corrected chi connectivity index (χ4v) is 1.74. The van der Waals surface area contributed by atoms with E-state index in [9.17, 15) is 9.59 Å². The van der Waals surface area contributed by atoms with Gasteiger partial charge >= 0.3 is 12.1 Å². The molecule has 0 aromatic rings. The van der Waals surface area contributed by atoms with E-state index in [-0.39, 0.29) is 11.9 Å². The second-order valence-corrected chi connectivity index (χ2v) is 4.93. The maximum Gasteiger partial charge on any atom is 0.406 e. The van der Waals surface area contributed by atoms with Gasteiger partial charge in [0.25, 0.3) is 0 Å². The van der Waals surface area contributed by atoms with E-state index < -0.39 is 6.09 Å². The minimum absolute atomic E-state index is 0.181. The quantitative estimate of drug-likeness (QED) is 0.488. The van der Waals surface area contributed by atoms with Crippen molar-refractivity contribution in [2.24, 2.45) is 17.6 Å². The Morgan fingerprint density at radius 1 is 1.32 bits per heavy atom. The van der Waals surface area contributed by atoms with Gasteiger partial charge in [-0.25, -0.2) is 4.79 Å². The van der Waals surface area contributed by atoms with Crippen molar-refractivity contribution in [3.05, 3.63) is 0 Å². The van der Waals surface area contributed by atoms with Gasteiger partial charge in [-0.2, -0.15) is 0 Å². The van der Waals surface area contributed by atoms with Gasteiger partial charge in [-0.3, -0.25) is 4.79 Å². The summed E-state index contributed by atoms with van der Waals surface area (Å²) in [4.78, 5) is 22.3. The van der Waals surface area contributed by atoms with Gasteiger partial charge in [0.2, 0.25) is 0 Å². The number of hydrogen-bond donors (Lipinski definition) is 2. The Balaban J connectivity index is 3.65. The van der Waals surface area contributed by atoms with Crippen LogP contribution < -0.4 is 11.1 Å². The molecular weight excluding hydrogens is 248 g/mol. The van der Waals surface area contributed by atoms with E-state index in [1.807, 2.05) is 0 Å². The third kappa shape index (κ3) is 10.3. The molecule has 1 amide bonds. The van der Waals surface area contributed by atoms with E-state index in [2.05, 4.69) is 23.9 Å². The number of carbonyl (C=O) groups excluding carboxylic acids is 2.